The largest absolute Gasteiger partial charge is 0.356 e. The van der Waals surface area contributed by atoms with E-state index in [1.165, 1.54) is 23.5 Å². The van der Waals surface area contributed by atoms with Crippen molar-refractivity contribution >= 4 is 34.9 Å². The SMILES string of the molecule is O=C(NCCCN(C(=O)Nc1cccc(Cl)c1)c1ccc(F)cc1)C1CCCCC1. The van der Waals surface area contributed by atoms with Crippen LogP contribution in [-0.2, 0) is 4.79 Å². The minimum absolute atomic E-state index is 0.103. The Morgan fingerprint density at radius 2 is 1.80 bits per heavy atom. The van der Waals surface area contributed by atoms with Crippen molar-refractivity contribution in [2.24, 2.45) is 5.92 Å². The van der Waals surface area contributed by atoms with Crippen molar-refractivity contribution in [3.63, 3.8) is 0 Å². The highest BCUT2D eigenvalue weighted by Gasteiger charge is 2.21. The van der Waals surface area contributed by atoms with E-state index in [1.807, 2.05) is 0 Å². The van der Waals surface area contributed by atoms with Gasteiger partial charge in [0.25, 0.3) is 0 Å². The predicted molar refractivity (Wildman–Crippen MR) is 118 cm³/mol. The molecule has 2 aromatic rings. The molecule has 3 rings (SSSR count). The van der Waals surface area contributed by atoms with Crippen molar-refractivity contribution in [3.8, 4) is 0 Å². The van der Waals surface area contributed by atoms with Crippen molar-refractivity contribution in [3.05, 3.63) is 59.4 Å². The number of halogens is 2. The van der Waals surface area contributed by atoms with Crippen LogP contribution in [0.2, 0.25) is 5.02 Å². The lowest BCUT2D eigenvalue weighted by atomic mass is 9.89. The predicted octanol–water partition coefficient (Wildman–Crippen LogP) is 5.60. The van der Waals surface area contributed by atoms with E-state index in [1.54, 1.807) is 36.4 Å². The summed E-state index contributed by atoms with van der Waals surface area (Å²) in [7, 11) is 0. The number of hydrogen-bond acceptors (Lipinski definition) is 2. The summed E-state index contributed by atoms with van der Waals surface area (Å²) in [5.74, 6) is -0.154. The van der Waals surface area contributed by atoms with E-state index in [9.17, 15) is 14.0 Å². The zero-order valence-electron chi connectivity index (χ0n) is 16.9. The summed E-state index contributed by atoms with van der Waals surface area (Å²) in [6.45, 7) is 0.862. The van der Waals surface area contributed by atoms with E-state index in [0.29, 0.717) is 35.9 Å². The van der Waals surface area contributed by atoms with Crippen molar-refractivity contribution in [2.45, 2.75) is 38.5 Å². The van der Waals surface area contributed by atoms with E-state index in [2.05, 4.69) is 10.6 Å². The summed E-state index contributed by atoms with van der Waals surface area (Å²) in [6.07, 6.45) is 5.92. The van der Waals surface area contributed by atoms with Gasteiger partial charge in [-0.25, -0.2) is 9.18 Å². The molecule has 1 fully saturated rings. The zero-order chi connectivity index (χ0) is 21.3. The summed E-state index contributed by atoms with van der Waals surface area (Å²) in [6, 6.07) is 12.3. The standard InChI is InChI=1S/C23H27ClFN3O2/c24-18-8-4-9-20(16-18)27-23(30)28(21-12-10-19(25)11-13-21)15-5-14-26-22(29)17-6-2-1-3-7-17/h4,8-13,16-17H,1-3,5-7,14-15H2,(H,26,29)(H,27,30). The molecule has 0 bridgehead atoms. The molecule has 1 aliphatic carbocycles. The van der Waals surface area contributed by atoms with Crippen LogP contribution in [0.15, 0.2) is 48.5 Å². The average molecular weight is 432 g/mol. The lowest BCUT2D eigenvalue weighted by Gasteiger charge is -2.24. The topological polar surface area (TPSA) is 61.4 Å². The highest BCUT2D eigenvalue weighted by Crippen LogP contribution is 2.23. The van der Waals surface area contributed by atoms with Gasteiger partial charge < -0.3 is 10.6 Å². The number of rotatable bonds is 7. The zero-order valence-corrected chi connectivity index (χ0v) is 17.6. The third kappa shape index (κ3) is 6.46. The number of carbonyl (C=O) groups is 2. The van der Waals surface area contributed by atoms with Gasteiger partial charge in [0.1, 0.15) is 5.82 Å². The van der Waals surface area contributed by atoms with Gasteiger partial charge in [0, 0.05) is 35.4 Å². The molecule has 2 N–H and O–H groups in total. The quantitative estimate of drug-likeness (QED) is 0.560. The van der Waals surface area contributed by atoms with Crippen LogP contribution in [0.5, 0.6) is 0 Å². The fraction of sp³-hybridized carbons (Fsp3) is 0.391. The Morgan fingerprint density at radius 1 is 1.07 bits per heavy atom. The second kappa shape index (κ2) is 11.0. The molecule has 0 spiro atoms. The van der Waals surface area contributed by atoms with Crippen molar-refractivity contribution in [2.75, 3.05) is 23.3 Å². The lowest BCUT2D eigenvalue weighted by Crippen LogP contribution is -2.38. The average Bonchev–Trinajstić information content (AvgIpc) is 2.75. The Bertz CT molecular complexity index is 854. The smallest absolute Gasteiger partial charge is 0.326 e. The summed E-state index contributed by atoms with van der Waals surface area (Å²) in [5.41, 5.74) is 1.15. The van der Waals surface area contributed by atoms with Gasteiger partial charge in [0.15, 0.2) is 0 Å². The molecule has 0 aliphatic heterocycles. The Morgan fingerprint density at radius 3 is 2.50 bits per heavy atom. The Hall–Kier alpha value is -2.60. The second-order valence-electron chi connectivity index (χ2n) is 7.55. The van der Waals surface area contributed by atoms with Crippen molar-refractivity contribution < 1.29 is 14.0 Å². The maximum atomic E-state index is 13.3. The summed E-state index contributed by atoms with van der Waals surface area (Å²) < 4.78 is 13.3. The first-order valence-corrected chi connectivity index (χ1v) is 10.8. The fourth-order valence-corrected chi connectivity index (χ4v) is 3.87. The molecule has 3 amide bonds. The van der Waals surface area contributed by atoms with E-state index in [-0.39, 0.29) is 23.7 Å². The molecule has 1 saturated carbocycles. The number of amides is 3. The van der Waals surface area contributed by atoms with Gasteiger partial charge in [0.05, 0.1) is 0 Å². The minimum Gasteiger partial charge on any atom is -0.356 e. The van der Waals surface area contributed by atoms with Crippen LogP contribution in [0, 0.1) is 11.7 Å². The third-order valence-corrected chi connectivity index (χ3v) is 5.53. The molecule has 2 aromatic carbocycles. The number of hydrogen-bond donors (Lipinski definition) is 2. The van der Waals surface area contributed by atoms with E-state index in [4.69, 9.17) is 11.6 Å². The number of nitrogens with one attached hydrogen (secondary N) is 2. The maximum absolute atomic E-state index is 13.3. The monoisotopic (exact) mass is 431 g/mol. The van der Waals surface area contributed by atoms with Gasteiger partial charge in [-0.1, -0.05) is 36.9 Å². The van der Waals surface area contributed by atoms with Crippen LogP contribution in [-0.4, -0.2) is 25.0 Å². The van der Waals surface area contributed by atoms with Crippen molar-refractivity contribution in [1.82, 2.24) is 5.32 Å². The summed E-state index contributed by atoms with van der Waals surface area (Å²) >= 11 is 5.99. The number of anilines is 2. The Labute approximate surface area is 181 Å². The van der Waals surface area contributed by atoms with Crippen LogP contribution >= 0.6 is 11.6 Å². The Kier molecular flexibility index (Phi) is 8.08. The highest BCUT2D eigenvalue weighted by atomic mass is 35.5. The Balaban J connectivity index is 1.59. The molecular weight excluding hydrogens is 405 g/mol. The molecule has 0 radical (unpaired) electrons. The van der Waals surface area contributed by atoms with E-state index < -0.39 is 0 Å². The molecule has 0 unspecified atom stereocenters. The number of urea groups is 1. The molecule has 1 aliphatic rings. The molecule has 7 heteroatoms. The number of nitrogens with zero attached hydrogens (tertiary/aromatic N) is 1. The van der Waals surface area contributed by atoms with Gasteiger partial charge in [-0.05, 0) is 61.7 Å². The first-order chi connectivity index (χ1) is 14.5. The van der Waals surface area contributed by atoms with E-state index in [0.717, 1.165) is 25.7 Å². The summed E-state index contributed by atoms with van der Waals surface area (Å²) in [5, 5.41) is 6.33. The second-order valence-corrected chi connectivity index (χ2v) is 7.98. The van der Waals surface area contributed by atoms with Crippen LogP contribution < -0.4 is 15.5 Å². The maximum Gasteiger partial charge on any atom is 0.326 e. The summed E-state index contributed by atoms with van der Waals surface area (Å²) in [4.78, 5) is 26.7. The fourth-order valence-electron chi connectivity index (χ4n) is 3.68. The molecule has 0 heterocycles. The molecule has 5 nitrogen and oxygen atoms in total. The van der Waals surface area contributed by atoms with Gasteiger partial charge in [-0.15, -0.1) is 0 Å². The molecule has 0 aromatic heterocycles. The van der Waals surface area contributed by atoms with Gasteiger partial charge in [-0.2, -0.15) is 0 Å². The first kappa shape index (κ1) is 22.1. The number of benzene rings is 2. The third-order valence-electron chi connectivity index (χ3n) is 5.29. The van der Waals surface area contributed by atoms with Crippen molar-refractivity contribution in [1.29, 1.82) is 0 Å². The highest BCUT2D eigenvalue weighted by molar-refractivity contribution is 6.30. The van der Waals surface area contributed by atoms with Gasteiger partial charge in [0.2, 0.25) is 5.91 Å². The van der Waals surface area contributed by atoms with E-state index >= 15 is 0 Å². The number of carbonyl (C=O) groups excluding carboxylic acids is 2. The van der Waals surface area contributed by atoms with Crippen LogP contribution in [0.4, 0.5) is 20.6 Å². The molecule has 30 heavy (non-hydrogen) atoms. The molecule has 0 saturated heterocycles. The van der Waals surface area contributed by atoms with Gasteiger partial charge >= 0.3 is 6.03 Å². The van der Waals surface area contributed by atoms with Crippen LogP contribution in [0.25, 0.3) is 0 Å². The normalized spacial score (nSPS) is 14.2. The molecule has 0 atom stereocenters. The van der Waals surface area contributed by atoms with Gasteiger partial charge in [-0.3, -0.25) is 9.69 Å². The van der Waals surface area contributed by atoms with Crippen LogP contribution in [0.1, 0.15) is 38.5 Å². The van der Waals surface area contributed by atoms with Crippen LogP contribution in [0.3, 0.4) is 0 Å². The molecular formula is C23H27ClFN3O2. The first-order valence-electron chi connectivity index (χ1n) is 10.4. The minimum atomic E-state index is -0.367. The lowest BCUT2D eigenvalue weighted by molar-refractivity contribution is -0.125. The molecule has 160 valence electrons.